The number of carboxylic acids is 1. The molecule has 0 aliphatic heterocycles. The third-order valence-corrected chi connectivity index (χ3v) is 3.47. The largest absolute Gasteiger partial charge is 0.490 e. The molecule has 2 heterocycles. The van der Waals surface area contributed by atoms with Gasteiger partial charge in [0, 0.05) is 35.7 Å². The molecule has 5 nitrogen and oxygen atoms in total. The summed E-state index contributed by atoms with van der Waals surface area (Å²) in [6, 6.07) is 14.2. The number of benzene rings is 1. The molecule has 0 spiro atoms. The molecule has 0 aliphatic rings. The maximum atomic E-state index is 13.5. The lowest BCUT2D eigenvalue weighted by Crippen LogP contribution is -2.21. The van der Waals surface area contributed by atoms with Crippen LogP contribution >= 0.6 is 0 Å². The molecule has 0 unspecified atom stereocenters. The van der Waals surface area contributed by atoms with E-state index in [1.54, 1.807) is 12.3 Å². The fourth-order valence-electron chi connectivity index (χ4n) is 2.29. The molecule has 0 saturated heterocycles. The van der Waals surface area contributed by atoms with Gasteiger partial charge in [0.2, 0.25) is 0 Å². The highest BCUT2D eigenvalue weighted by Crippen LogP contribution is 2.26. The molecule has 0 aliphatic carbocycles. The Morgan fingerprint density at radius 2 is 1.89 bits per heavy atom. The maximum absolute atomic E-state index is 13.5. The van der Waals surface area contributed by atoms with Crippen LogP contribution in [0.25, 0.3) is 22.2 Å². The number of alkyl halides is 3. The predicted octanol–water partition coefficient (Wildman–Crippen LogP) is 4.53. The summed E-state index contributed by atoms with van der Waals surface area (Å²) in [5.74, 6) is -3.06. The highest BCUT2D eigenvalue weighted by Gasteiger charge is 2.38. The van der Waals surface area contributed by atoms with E-state index in [4.69, 9.17) is 15.2 Å². The molecule has 0 radical (unpaired) electrons. The Kier molecular flexibility index (Phi) is 6.60. The van der Waals surface area contributed by atoms with Crippen molar-refractivity contribution in [2.75, 3.05) is 0 Å². The van der Waals surface area contributed by atoms with Gasteiger partial charge in [0.15, 0.2) is 0 Å². The van der Waals surface area contributed by atoms with Crippen molar-refractivity contribution in [1.29, 1.82) is 5.26 Å². The number of carbonyl (C=O) groups is 1. The third-order valence-electron chi connectivity index (χ3n) is 3.47. The average Bonchev–Trinajstić information content (AvgIpc) is 2.65. The Bertz CT molecular complexity index is 1030. The van der Waals surface area contributed by atoms with E-state index in [1.807, 2.05) is 24.3 Å². The van der Waals surface area contributed by atoms with Crippen molar-refractivity contribution in [2.24, 2.45) is 0 Å². The summed E-state index contributed by atoms with van der Waals surface area (Å²) in [5.41, 5.74) is 2.90. The van der Waals surface area contributed by atoms with Crippen molar-refractivity contribution >= 4 is 16.9 Å². The summed E-state index contributed by atoms with van der Waals surface area (Å²) < 4.78 is 45.2. The predicted molar refractivity (Wildman–Crippen MR) is 92.6 cm³/mol. The zero-order valence-corrected chi connectivity index (χ0v) is 14.2. The van der Waals surface area contributed by atoms with Crippen molar-refractivity contribution < 1.29 is 27.5 Å². The van der Waals surface area contributed by atoms with E-state index in [0.29, 0.717) is 24.1 Å². The second-order valence-electron chi connectivity index (χ2n) is 5.51. The van der Waals surface area contributed by atoms with Gasteiger partial charge in [-0.15, -0.1) is 0 Å². The minimum atomic E-state index is -5.08. The molecule has 2 aromatic heterocycles. The zero-order valence-electron chi connectivity index (χ0n) is 14.2. The van der Waals surface area contributed by atoms with Crippen LogP contribution in [-0.4, -0.2) is 27.2 Å². The molecule has 0 saturated carbocycles. The summed E-state index contributed by atoms with van der Waals surface area (Å²) in [4.78, 5) is 17.8. The van der Waals surface area contributed by atoms with Gasteiger partial charge in [-0.2, -0.15) is 18.4 Å². The second-order valence-corrected chi connectivity index (χ2v) is 5.51. The topological polar surface area (TPSA) is 86.9 Å². The van der Waals surface area contributed by atoms with Gasteiger partial charge in [0.05, 0.1) is 17.3 Å². The summed E-state index contributed by atoms with van der Waals surface area (Å²) >= 11 is 0. The van der Waals surface area contributed by atoms with E-state index in [2.05, 4.69) is 16.0 Å². The molecule has 0 fully saturated rings. The molecule has 0 atom stereocenters. The highest BCUT2D eigenvalue weighted by molar-refractivity contribution is 5.91. The number of rotatable bonds is 3. The SMILES string of the molecule is N#CCCc1cc2cccnc2c(-c2cccc(F)c2)n1.O=C(O)C(F)(F)F. The van der Waals surface area contributed by atoms with E-state index < -0.39 is 12.1 Å². The quantitative estimate of drug-likeness (QED) is 0.663. The van der Waals surface area contributed by atoms with Crippen LogP contribution in [0.5, 0.6) is 0 Å². The van der Waals surface area contributed by atoms with Crippen molar-refractivity contribution in [3.05, 3.63) is 60.2 Å². The highest BCUT2D eigenvalue weighted by atomic mass is 19.4. The van der Waals surface area contributed by atoms with E-state index in [1.165, 1.54) is 12.1 Å². The number of carboxylic acid groups (broad SMARTS) is 1. The molecule has 0 amide bonds. The van der Waals surface area contributed by atoms with Crippen molar-refractivity contribution in [2.45, 2.75) is 19.0 Å². The van der Waals surface area contributed by atoms with Crippen LogP contribution in [0.1, 0.15) is 12.1 Å². The van der Waals surface area contributed by atoms with Gasteiger partial charge in [0.1, 0.15) is 5.82 Å². The Morgan fingerprint density at radius 1 is 1.18 bits per heavy atom. The lowest BCUT2D eigenvalue weighted by atomic mass is 10.1. The smallest absolute Gasteiger partial charge is 0.475 e. The minimum absolute atomic E-state index is 0.305. The Labute approximate surface area is 156 Å². The number of hydrogen-bond acceptors (Lipinski definition) is 4. The molecule has 3 rings (SSSR count). The van der Waals surface area contributed by atoms with Crippen LogP contribution in [0, 0.1) is 17.1 Å². The van der Waals surface area contributed by atoms with E-state index in [0.717, 1.165) is 16.6 Å². The average molecular weight is 391 g/mol. The number of aliphatic carboxylic acids is 1. The molecule has 9 heteroatoms. The maximum Gasteiger partial charge on any atom is 0.490 e. The number of hydrogen-bond donors (Lipinski definition) is 1. The molecule has 144 valence electrons. The fourth-order valence-corrected chi connectivity index (χ4v) is 2.29. The first-order valence-corrected chi connectivity index (χ1v) is 7.90. The zero-order chi connectivity index (χ0) is 20.7. The number of pyridine rings is 2. The van der Waals surface area contributed by atoms with Crippen LogP contribution < -0.4 is 0 Å². The number of fused-ring (bicyclic) bond motifs is 1. The van der Waals surface area contributed by atoms with Gasteiger partial charge in [-0.1, -0.05) is 18.2 Å². The Hall–Kier alpha value is -3.54. The normalized spacial score (nSPS) is 10.7. The second kappa shape index (κ2) is 8.90. The van der Waals surface area contributed by atoms with Gasteiger partial charge in [-0.3, -0.25) is 9.97 Å². The summed E-state index contributed by atoms with van der Waals surface area (Å²) in [7, 11) is 0. The van der Waals surface area contributed by atoms with E-state index >= 15 is 0 Å². The van der Waals surface area contributed by atoms with Crippen molar-refractivity contribution in [1.82, 2.24) is 9.97 Å². The van der Waals surface area contributed by atoms with E-state index in [-0.39, 0.29) is 5.82 Å². The third kappa shape index (κ3) is 5.48. The molecule has 28 heavy (non-hydrogen) atoms. The number of aryl methyl sites for hydroxylation is 1. The van der Waals surface area contributed by atoms with Gasteiger partial charge in [0.25, 0.3) is 0 Å². The number of halogens is 4. The first kappa shape index (κ1) is 20.8. The van der Waals surface area contributed by atoms with Crippen LogP contribution in [-0.2, 0) is 11.2 Å². The summed E-state index contributed by atoms with van der Waals surface area (Å²) in [6.45, 7) is 0. The minimum Gasteiger partial charge on any atom is -0.475 e. The Morgan fingerprint density at radius 3 is 2.50 bits per heavy atom. The number of nitriles is 1. The standard InChI is InChI=1S/C17H12FN3.C2HF3O2/c18-14-6-1-4-12(10-14)17-16-13(5-3-9-20-16)11-15(21-17)7-2-8-19;3-2(4,5)1(6)7/h1,3-6,9-11H,2,7H2;(H,6,7). The Balaban J connectivity index is 0.000000345. The van der Waals surface area contributed by atoms with Crippen molar-refractivity contribution in [3.8, 4) is 17.3 Å². The molecule has 3 aromatic rings. The van der Waals surface area contributed by atoms with Gasteiger partial charge in [-0.25, -0.2) is 9.18 Å². The monoisotopic (exact) mass is 391 g/mol. The van der Waals surface area contributed by atoms with Crippen LogP contribution in [0.3, 0.4) is 0 Å². The summed E-state index contributed by atoms with van der Waals surface area (Å²) in [5, 5.41) is 16.8. The van der Waals surface area contributed by atoms with Gasteiger partial charge >= 0.3 is 12.1 Å². The molecular formula is C19H13F4N3O2. The fraction of sp³-hybridized carbons (Fsp3) is 0.158. The molecule has 1 aromatic carbocycles. The van der Waals surface area contributed by atoms with Gasteiger partial charge < -0.3 is 5.11 Å². The van der Waals surface area contributed by atoms with Crippen LogP contribution in [0.2, 0.25) is 0 Å². The number of aromatic nitrogens is 2. The van der Waals surface area contributed by atoms with Gasteiger partial charge in [-0.05, 0) is 24.3 Å². The first-order valence-electron chi connectivity index (χ1n) is 7.90. The van der Waals surface area contributed by atoms with Crippen molar-refractivity contribution in [3.63, 3.8) is 0 Å². The van der Waals surface area contributed by atoms with Crippen LogP contribution in [0.4, 0.5) is 17.6 Å². The lowest BCUT2D eigenvalue weighted by molar-refractivity contribution is -0.192. The number of nitrogens with zero attached hydrogens (tertiary/aromatic N) is 3. The van der Waals surface area contributed by atoms with E-state index in [9.17, 15) is 17.6 Å². The first-order chi connectivity index (χ1) is 13.2. The molecular weight excluding hydrogens is 378 g/mol. The molecule has 0 bridgehead atoms. The van der Waals surface area contributed by atoms with Crippen LogP contribution in [0.15, 0.2) is 48.7 Å². The molecule has 1 N–H and O–H groups in total. The summed E-state index contributed by atoms with van der Waals surface area (Å²) in [6.07, 6.45) is -2.41. The lowest BCUT2D eigenvalue weighted by Gasteiger charge is -2.08.